The molecule has 0 aromatic heterocycles. The smallest absolute Gasteiger partial charge is 0.387 e. The Bertz CT molecular complexity index is 1330. The summed E-state index contributed by atoms with van der Waals surface area (Å²) in [6.07, 6.45) is 77.2. The number of hydrogen-bond donors (Lipinski definition) is 3. The molecule has 0 rings (SSSR count). The van der Waals surface area contributed by atoms with Crippen molar-refractivity contribution in [2.45, 2.75) is 347 Å². The number of rotatable bonds is 62. The highest BCUT2D eigenvalue weighted by molar-refractivity contribution is 7.47. The molecule has 0 heterocycles. The highest BCUT2D eigenvalue weighted by Gasteiger charge is 2.28. The summed E-state index contributed by atoms with van der Waals surface area (Å²) in [7, 11) is 1.56. The first-order valence-corrected chi connectivity index (χ1v) is 34.9. The first kappa shape index (κ1) is 74.7. The second-order valence-electron chi connectivity index (χ2n) is 24.2. The number of carbonyl (C=O) groups is 1. The Hall–Kier alpha value is -1.28. The molecular formula is C67H132N2O6P+. The molecule has 0 fully saturated rings. The molecule has 0 aliphatic heterocycles. The second-order valence-corrected chi connectivity index (χ2v) is 25.6. The van der Waals surface area contributed by atoms with Crippen LogP contribution in [0.15, 0.2) is 36.5 Å². The van der Waals surface area contributed by atoms with Gasteiger partial charge in [-0.15, -0.1) is 0 Å². The molecule has 0 bridgehead atoms. The molecule has 1 amide bonds. The van der Waals surface area contributed by atoms with Gasteiger partial charge in [0.1, 0.15) is 13.2 Å². The Labute approximate surface area is 474 Å². The molecule has 3 unspecified atom stereocenters. The zero-order chi connectivity index (χ0) is 55.6. The van der Waals surface area contributed by atoms with E-state index >= 15 is 0 Å². The van der Waals surface area contributed by atoms with Crippen LogP contribution in [-0.4, -0.2) is 73.4 Å². The number of phosphoric ester groups is 1. The van der Waals surface area contributed by atoms with Gasteiger partial charge in [0.05, 0.1) is 39.9 Å². The number of nitrogens with zero attached hydrogens (tertiary/aromatic N) is 1. The van der Waals surface area contributed by atoms with E-state index < -0.39 is 20.0 Å². The number of allylic oxidation sites excluding steroid dienone is 5. The van der Waals surface area contributed by atoms with Crippen molar-refractivity contribution in [1.82, 2.24) is 5.32 Å². The fraction of sp³-hybridized carbons (Fsp3) is 0.896. The van der Waals surface area contributed by atoms with Crippen LogP contribution in [0.5, 0.6) is 0 Å². The van der Waals surface area contributed by atoms with Gasteiger partial charge < -0.3 is 19.8 Å². The van der Waals surface area contributed by atoms with Crippen molar-refractivity contribution in [2.75, 3.05) is 40.9 Å². The number of quaternary nitrogens is 1. The summed E-state index contributed by atoms with van der Waals surface area (Å²) in [6.45, 7) is 4.84. The number of amides is 1. The average molecular weight is 1090 g/mol. The van der Waals surface area contributed by atoms with Crippen molar-refractivity contribution in [3.8, 4) is 0 Å². The lowest BCUT2D eigenvalue weighted by Gasteiger charge is -2.25. The van der Waals surface area contributed by atoms with E-state index in [1.54, 1.807) is 6.08 Å². The fourth-order valence-electron chi connectivity index (χ4n) is 10.1. The van der Waals surface area contributed by atoms with E-state index in [0.717, 1.165) is 44.9 Å². The van der Waals surface area contributed by atoms with Gasteiger partial charge in [0, 0.05) is 6.42 Å². The topological polar surface area (TPSA) is 105 Å². The highest BCUT2D eigenvalue weighted by Crippen LogP contribution is 2.43. The molecule has 450 valence electrons. The molecule has 76 heavy (non-hydrogen) atoms. The summed E-state index contributed by atoms with van der Waals surface area (Å²) < 4.78 is 23.8. The van der Waals surface area contributed by atoms with Gasteiger partial charge in [-0.2, -0.15) is 0 Å². The lowest BCUT2D eigenvalue weighted by molar-refractivity contribution is -0.870. The van der Waals surface area contributed by atoms with Crippen molar-refractivity contribution in [3.05, 3.63) is 36.5 Å². The number of hydrogen-bond acceptors (Lipinski definition) is 5. The molecule has 3 N–H and O–H groups in total. The van der Waals surface area contributed by atoms with Crippen molar-refractivity contribution >= 4 is 13.7 Å². The predicted octanol–water partition coefficient (Wildman–Crippen LogP) is 20.9. The summed E-state index contributed by atoms with van der Waals surface area (Å²) in [4.78, 5) is 23.4. The molecule has 0 aromatic rings. The van der Waals surface area contributed by atoms with Crippen LogP contribution in [0.3, 0.4) is 0 Å². The van der Waals surface area contributed by atoms with Gasteiger partial charge in [-0.3, -0.25) is 13.8 Å². The van der Waals surface area contributed by atoms with Gasteiger partial charge in [-0.05, 0) is 44.9 Å². The van der Waals surface area contributed by atoms with E-state index in [9.17, 15) is 19.4 Å². The Morgan fingerprint density at radius 1 is 0.434 bits per heavy atom. The van der Waals surface area contributed by atoms with Crippen LogP contribution in [-0.2, 0) is 18.4 Å². The van der Waals surface area contributed by atoms with Crippen LogP contribution in [0.4, 0.5) is 0 Å². The molecule has 0 aromatic carbocycles. The molecule has 0 aliphatic rings. The van der Waals surface area contributed by atoms with E-state index in [-0.39, 0.29) is 19.1 Å². The van der Waals surface area contributed by atoms with Gasteiger partial charge in [0.15, 0.2) is 0 Å². The summed E-state index contributed by atoms with van der Waals surface area (Å²) in [5, 5.41) is 14.0. The second kappa shape index (κ2) is 58.4. The number of carbonyl (C=O) groups excluding carboxylic acids is 1. The highest BCUT2D eigenvalue weighted by atomic mass is 31.2. The van der Waals surface area contributed by atoms with E-state index in [1.165, 1.54) is 270 Å². The fourth-order valence-corrected chi connectivity index (χ4v) is 10.9. The number of nitrogens with one attached hydrogen (secondary N) is 1. The molecule has 0 spiro atoms. The van der Waals surface area contributed by atoms with Crippen LogP contribution in [0, 0.1) is 0 Å². The Kier molecular flexibility index (Phi) is 57.4. The number of unbranched alkanes of at least 4 members (excludes halogenated alkanes) is 45. The lowest BCUT2D eigenvalue weighted by Crippen LogP contribution is -2.45. The van der Waals surface area contributed by atoms with Crippen LogP contribution >= 0.6 is 7.82 Å². The van der Waals surface area contributed by atoms with E-state index in [2.05, 4.69) is 43.5 Å². The molecule has 3 atom stereocenters. The van der Waals surface area contributed by atoms with Crippen LogP contribution in [0.1, 0.15) is 335 Å². The quantitative estimate of drug-likeness (QED) is 0.0243. The first-order chi connectivity index (χ1) is 37.0. The Morgan fingerprint density at radius 2 is 0.724 bits per heavy atom. The minimum atomic E-state index is -4.36. The third kappa shape index (κ3) is 60.4. The molecule has 8 nitrogen and oxygen atoms in total. The summed E-state index contributed by atoms with van der Waals surface area (Å²) in [6, 6.07) is -0.869. The Balaban J connectivity index is 4.15. The first-order valence-electron chi connectivity index (χ1n) is 33.4. The minimum absolute atomic E-state index is 0.0554. The summed E-state index contributed by atoms with van der Waals surface area (Å²) in [5.41, 5.74) is 0. The molecule has 0 saturated heterocycles. The Morgan fingerprint density at radius 3 is 1.05 bits per heavy atom. The maximum absolute atomic E-state index is 13.0. The standard InChI is InChI=1S/C67H131N2O6P/c1-6-8-10-12-14-16-18-20-22-24-26-28-30-32-34-36-38-40-42-44-46-48-50-52-54-56-58-60-66(70)65(64-75-76(72,73)74-63-62-69(3,4)5)68-67(71)61-59-57-55-53-51-49-47-45-43-41-39-37-35-33-31-29-27-25-23-21-19-17-15-13-11-9-7-2/h42,44,50,52,58,60,65-66,70H,6-41,43,45-49,51,53-57,59,61-64H2,1-5H3,(H-,68,71,72,73)/p+1/b44-42+,52-50+,60-58+. The molecular weight excluding hydrogens is 960 g/mol. The summed E-state index contributed by atoms with van der Waals surface area (Å²) >= 11 is 0. The van der Waals surface area contributed by atoms with E-state index in [1.807, 2.05) is 27.2 Å². The number of aliphatic hydroxyl groups is 1. The minimum Gasteiger partial charge on any atom is -0.387 e. The average Bonchev–Trinajstić information content (AvgIpc) is 3.38. The van der Waals surface area contributed by atoms with Crippen LogP contribution < -0.4 is 5.32 Å². The molecule has 0 aliphatic carbocycles. The van der Waals surface area contributed by atoms with Crippen molar-refractivity contribution in [3.63, 3.8) is 0 Å². The van der Waals surface area contributed by atoms with Crippen LogP contribution in [0.25, 0.3) is 0 Å². The molecule has 9 heteroatoms. The van der Waals surface area contributed by atoms with Crippen molar-refractivity contribution in [2.24, 2.45) is 0 Å². The number of aliphatic hydroxyl groups excluding tert-OH is 1. The maximum Gasteiger partial charge on any atom is 0.472 e. The third-order valence-corrected chi connectivity index (χ3v) is 16.3. The largest absolute Gasteiger partial charge is 0.472 e. The predicted molar refractivity (Wildman–Crippen MR) is 332 cm³/mol. The van der Waals surface area contributed by atoms with Gasteiger partial charge in [0.2, 0.25) is 5.91 Å². The van der Waals surface area contributed by atoms with Gasteiger partial charge >= 0.3 is 7.82 Å². The number of likely N-dealkylation sites (N-methyl/N-ethyl adjacent to an activating group) is 1. The van der Waals surface area contributed by atoms with Gasteiger partial charge in [-0.25, -0.2) is 4.57 Å². The zero-order valence-electron chi connectivity index (χ0n) is 51.5. The van der Waals surface area contributed by atoms with Crippen LogP contribution in [0.2, 0.25) is 0 Å². The molecule has 0 radical (unpaired) electrons. The third-order valence-electron chi connectivity index (χ3n) is 15.3. The molecule has 0 saturated carbocycles. The SMILES string of the molecule is CCCCCCCCCCCCCCCCCCC/C=C/CC/C=C/CC/C=C/C(O)C(COP(=O)(O)OCC[N+](C)(C)C)NC(=O)CCCCCCCCCCCCCCCCCCCCCCCCCCCCC. The summed E-state index contributed by atoms with van der Waals surface area (Å²) in [5.74, 6) is -0.184. The monoisotopic (exact) mass is 1090 g/mol. The number of phosphoric acid groups is 1. The van der Waals surface area contributed by atoms with Gasteiger partial charge in [-0.1, -0.05) is 320 Å². The normalized spacial score (nSPS) is 13.9. The van der Waals surface area contributed by atoms with E-state index in [4.69, 9.17) is 9.05 Å². The lowest BCUT2D eigenvalue weighted by atomic mass is 10.0. The zero-order valence-corrected chi connectivity index (χ0v) is 52.4. The van der Waals surface area contributed by atoms with Gasteiger partial charge in [0.25, 0.3) is 0 Å². The maximum atomic E-state index is 13.0. The van der Waals surface area contributed by atoms with E-state index in [0.29, 0.717) is 17.4 Å². The van der Waals surface area contributed by atoms with Crippen molar-refractivity contribution in [1.29, 1.82) is 0 Å². The van der Waals surface area contributed by atoms with Crippen molar-refractivity contribution < 1.29 is 32.9 Å².